The molecule has 0 bridgehead atoms. The lowest BCUT2D eigenvalue weighted by Gasteiger charge is -2.34. The van der Waals surface area contributed by atoms with Gasteiger partial charge in [-0.1, -0.05) is 36.4 Å². The van der Waals surface area contributed by atoms with Gasteiger partial charge in [0.15, 0.2) is 0 Å². The van der Waals surface area contributed by atoms with Crippen molar-refractivity contribution in [2.75, 3.05) is 31.1 Å². The second-order valence-corrected chi connectivity index (χ2v) is 7.59. The van der Waals surface area contributed by atoms with E-state index in [2.05, 4.69) is 26.4 Å². The van der Waals surface area contributed by atoms with E-state index in [1.165, 1.54) is 28.4 Å². The topological polar surface area (TPSA) is 49.3 Å². The largest absolute Gasteiger partial charge is 0.343 e. The van der Waals surface area contributed by atoms with Crippen LogP contribution in [0, 0.1) is 0 Å². The number of piperazine rings is 1. The molecule has 0 aliphatic carbocycles. The molecule has 0 spiro atoms. The fraction of sp³-hybridized carbons (Fsp3) is 0.278. The van der Waals surface area contributed by atoms with Crippen LogP contribution in [-0.4, -0.2) is 46.3 Å². The van der Waals surface area contributed by atoms with Gasteiger partial charge in [0, 0.05) is 44.1 Å². The summed E-state index contributed by atoms with van der Waals surface area (Å²) in [5.74, 6) is 1.000. The first-order valence-corrected chi connectivity index (χ1v) is 9.89. The number of benzene rings is 1. The van der Waals surface area contributed by atoms with E-state index in [4.69, 9.17) is 0 Å². The number of hydrogen-bond acceptors (Lipinski definition) is 6. The Bertz CT molecular complexity index is 824. The molecule has 1 aromatic carbocycles. The zero-order valence-electron chi connectivity index (χ0n) is 13.7. The van der Waals surface area contributed by atoms with Gasteiger partial charge in [-0.25, -0.2) is 4.98 Å². The Hall–Kier alpha value is -2.25. The minimum absolute atomic E-state index is 0.136. The fourth-order valence-corrected chi connectivity index (χ4v) is 4.31. The summed E-state index contributed by atoms with van der Waals surface area (Å²) in [6.07, 6.45) is 0.758. The van der Waals surface area contributed by atoms with Crippen LogP contribution in [-0.2, 0) is 6.42 Å². The van der Waals surface area contributed by atoms with E-state index in [1.807, 2.05) is 40.6 Å². The number of carbonyl (C=O) groups excluding carboxylic acids is 1. The molecule has 0 N–H and O–H groups in total. The zero-order chi connectivity index (χ0) is 17.1. The molecular formula is C18H18N4OS2. The van der Waals surface area contributed by atoms with Gasteiger partial charge in [-0.05, 0) is 17.0 Å². The van der Waals surface area contributed by atoms with Crippen LogP contribution < -0.4 is 4.90 Å². The molecule has 0 saturated carbocycles. The Morgan fingerprint density at radius 3 is 2.56 bits per heavy atom. The molecule has 1 fully saturated rings. The molecule has 7 heteroatoms. The number of hydrogen-bond donors (Lipinski definition) is 0. The predicted octanol–water partition coefficient (Wildman–Crippen LogP) is 3.15. The van der Waals surface area contributed by atoms with Crippen LogP contribution in [0.15, 0.2) is 47.8 Å². The molecule has 0 unspecified atom stereocenters. The van der Waals surface area contributed by atoms with Crippen LogP contribution in [0.2, 0.25) is 0 Å². The van der Waals surface area contributed by atoms with Gasteiger partial charge in [0.25, 0.3) is 5.91 Å². The number of aromatic nitrogens is 2. The first kappa shape index (κ1) is 16.2. The molecule has 1 aliphatic heterocycles. The van der Waals surface area contributed by atoms with Gasteiger partial charge < -0.3 is 9.80 Å². The van der Waals surface area contributed by atoms with E-state index in [1.54, 1.807) is 0 Å². The summed E-state index contributed by atoms with van der Waals surface area (Å²) in [5.41, 5.74) is 1.22. The van der Waals surface area contributed by atoms with Crippen molar-refractivity contribution in [1.82, 2.24) is 14.3 Å². The Kier molecular flexibility index (Phi) is 4.76. The van der Waals surface area contributed by atoms with Crippen molar-refractivity contribution < 1.29 is 4.79 Å². The minimum atomic E-state index is 0.136. The number of rotatable bonds is 4. The molecule has 0 radical (unpaired) electrons. The van der Waals surface area contributed by atoms with Gasteiger partial charge in [0.05, 0.1) is 4.88 Å². The number of thiophene rings is 1. The predicted molar refractivity (Wildman–Crippen MR) is 102 cm³/mol. The third-order valence-electron chi connectivity index (χ3n) is 4.23. The van der Waals surface area contributed by atoms with Gasteiger partial charge in [0.1, 0.15) is 5.82 Å². The Morgan fingerprint density at radius 1 is 1.04 bits per heavy atom. The molecule has 4 rings (SSSR count). The van der Waals surface area contributed by atoms with Gasteiger partial charge in [-0.3, -0.25) is 4.79 Å². The van der Waals surface area contributed by atoms with Crippen molar-refractivity contribution in [3.63, 3.8) is 0 Å². The Balaban J connectivity index is 1.36. The average Bonchev–Trinajstić information content (AvgIpc) is 3.34. The highest BCUT2D eigenvalue weighted by Gasteiger charge is 2.24. The van der Waals surface area contributed by atoms with E-state index >= 15 is 0 Å². The third-order valence-corrected chi connectivity index (χ3v) is 5.90. The number of amides is 1. The maximum atomic E-state index is 12.4. The van der Waals surface area contributed by atoms with E-state index in [9.17, 15) is 4.79 Å². The quantitative estimate of drug-likeness (QED) is 0.708. The molecule has 3 aromatic rings. The molecule has 5 nitrogen and oxygen atoms in total. The molecule has 0 atom stereocenters. The highest BCUT2D eigenvalue weighted by atomic mass is 32.1. The van der Waals surface area contributed by atoms with Crippen molar-refractivity contribution in [2.45, 2.75) is 6.42 Å². The fourth-order valence-electron chi connectivity index (χ4n) is 2.88. The molecule has 2 aromatic heterocycles. The van der Waals surface area contributed by atoms with Gasteiger partial charge in [-0.15, -0.1) is 11.3 Å². The monoisotopic (exact) mass is 370 g/mol. The highest BCUT2D eigenvalue weighted by Crippen LogP contribution is 2.21. The summed E-state index contributed by atoms with van der Waals surface area (Å²) < 4.78 is 4.49. The minimum Gasteiger partial charge on any atom is -0.343 e. The van der Waals surface area contributed by atoms with E-state index < -0.39 is 0 Å². The molecular weight excluding hydrogens is 352 g/mol. The summed E-state index contributed by atoms with van der Waals surface area (Å²) in [7, 11) is 0. The smallest absolute Gasteiger partial charge is 0.264 e. The lowest BCUT2D eigenvalue weighted by atomic mass is 10.1. The Morgan fingerprint density at radius 2 is 1.84 bits per heavy atom. The highest BCUT2D eigenvalue weighted by molar-refractivity contribution is 7.12. The first-order chi connectivity index (χ1) is 12.3. The lowest BCUT2D eigenvalue weighted by molar-refractivity contribution is 0.0751. The molecule has 128 valence electrons. The van der Waals surface area contributed by atoms with Crippen molar-refractivity contribution >= 4 is 33.9 Å². The SMILES string of the molecule is O=C(c1cccs1)N1CCN(c2nc(Cc3ccccc3)ns2)CC1. The summed E-state index contributed by atoms with van der Waals surface area (Å²) in [4.78, 5) is 22.1. The van der Waals surface area contributed by atoms with Gasteiger partial charge >= 0.3 is 0 Å². The molecule has 3 heterocycles. The lowest BCUT2D eigenvalue weighted by Crippen LogP contribution is -2.48. The van der Waals surface area contributed by atoms with Crippen molar-refractivity contribution in [3.05, 3.63) is 64.1 Å². The second-order valence-electron chi connectivity index (χ2n) is 5.91. The van der Waals surface area contributed by atoms with Crippen LogP contribution in [0.3, 0.4) is 0 Å². The number of carbonyl (C=O) groups is 1. The number of nitrogens with zero attached hydrogens (tertiary/aromatic N) is 4. The zero-order valence-corrected chi connectivity index (χ0v) is 15.3. The maximum Gasteiger partial charge on any atom is 0.264 e. The van der Waals surface area contributed by atoms with Crippen LogP contribution >= 0.6 is 22.9 Å². The third kappa shape index (κ3) is 3.72. The van der Waals surface area contributed by atoms with Gasteiger partial charge in [-0.2, -0.15) is 4.37 Å². The number of anilines is 1. The van der Waals surface area contributed by atoms with Crippen LogP contribution in [0.1, 0.15) is 21.1 Å². The summed E-state index contributed by atoms with van der Waals surface area (Å²) in [6, 6.07) is 14.1. The summed E-state index contributed by atoms with van der Waals surface area (Å²) in [5, 5.41) is 2.90. The van der Waals surface area contributed by atoms with Crippen LogP contribution in [0.25, 0.3) is 0 Å². The molecule has 25 heavy (non-hydrogen) atoms. The van der Waals surface area contributed by atoms with E-state index in [-0.39, 0.29) is 5.91 Å². The summed E-state index contributed by atoms with van der Waals surface area (Å²) >= 11 is 2.95. The standard InChI is InChI=1S/C18H18N4OS2/c23-17(15-7-4-12-24-15)21-8-10-22(11-9-21)18-19-16(20-25-18)13-14-5-2-1-3-6-14/h1-7,12H,8-11,13H2. The Labute approximate surface area is 154 Å². The second kappa shape index (κ2) is 7.33. The molecule has 1 saturated heterocycles. The van der Waals surface area contributed by atoms with E-state index in [0.717, 1.165) is 48.4 Å². The summed E-state index contributed by atoms with van der Waals surface area (Å²) in [6.45, 7) is 3.06. The first-order valence-electron chi connectivity index (χ1n) is 8.24. The van der Waals surface area contributed by atoms with Gasteiger partial charge in [0.2, 0.25) is 5.13 Å². The van der Waals surface area contributed by atoms with Crippen LogP contribution in [0.4, 0.5) is 5.13 Å². The van der Waals surface area contributed by atoms with Crippen molar-refractivity contribution in [1.29, 1.82) is 0 Å². The van der Waals surface area contributed by atoms with Crippen LogP contribution in [0.5, 0.6) is 0 Å². The maximum absolute atomic E-state index is 12.4. The van der Waals surface area contributed by atoms with Crippen molar-refractivity contribution in [3.8, 4) is 0 Å². The molecule has 1 aliphatic rings. The van der Waals surface area contributed by atoms with Crippen molar-refractivity contribution in [2.24, 2.45) is 0 Å². The molecule has 1 amide bonds. The normalized spacial score (nSPS) is 14.7. The van der Waals surface area contributed by atoms with E-state index in [0.29, 0.717) is 0 Å². The average molecular weight is 371 g/mol.